The molecule has 0 atom stereocenters. The number of amides is 1. The Morgan fingerprint density at radius 3 is 2.88 bits per heavy atom. The van der Waals surface area contributed by atoms with E-state index in [9.17, 15) is 9.90 Å². The van der Waals surface area contributed by atoms with Gasteiger partial charge in [-0.05, 0) is 23.8 Å². The summed E-state index contributed by atoms with van der Waals surface area (Å²) >= 11 is 0. The first-order chi connectivity index (χ1) is 12.0. The summed E-state index contributed by atoms with van der Waals surface area (Å²) in [7, 11) is 1.91. The van der Waals surface area contributed by atoms with Crippen molar-refractivity contribution in [2.24, 2.45) is 7.05 Å². The minimum atomic E-state index is -0.0796. The zero-order chi connectivity index (χ0) is 17.6. The van der Waals surface area contributed by atoms with Gasteiger partial charge in [-0.1, -0.05) is 12.1 Å². The van der Waals surface area contributed by atoms with Crippen molar-refractivity contribution >= 4 is 11.9 Å². The van der Waals surface area contributed by atoms with Crippen molar-refractivity contribution in [3.8, 4) is 28.3 Å². The summed E-state index contributed by atoms with van der Waals surface area (Å²) < 4.78 is 1.97. The zero-order valence-corrected chi connectivity index (χ0v) is 13.7. The van der Waals surface area contributed by atoms with Gasteiger partial charge >= 0.3 is 0 Å². The van der Waals surface area contributed by atoms with Crippen LogP contribution in [0.3, 0.4) is 0 Å². The molecule has 0 saturated carbocycles. The van der Waals surface area contributed by atoms with Gasteiger partial charge in [-0.3, -0.25) is 4.79 Å². The van der Waals surface area contributed by atoms with E-state index in [0.717, 1.165) is 28.9 Å². The van der Waals surface area contributed by atoms with Crippen LogP contribution in [0, 0.1) is 0 Å². The third-order valence-corrected chi connectivity index (χ3v) is 4.46. The number of phenols is 1. The monoisotopic (exact) mass is 335 g/mol. The molecule has 0 fully saturated rings. The van der Waals surface area contributed by atoms with Gasteiger partial charge in [-0.2, -0.15) is 0 Å². The zero-order valence-electron chi connectivity index (χ0n) is 13.7. The van der Waals surface area contributed by atoms with Gasteiger partial charge < -0.3 is 20.7 Å². The number of carbonyl (C=O) groups is 1. The van der Waals surface area contributed by atoms with Crippen molar-refractivity contribution in [3.05, 3.63) is 47.8 Å². The molecule has 0 aliphatic carbocycles. The Hall–Kier alpha value is -3.35. The lowest BCUT2D eigenvalue weighted by Crippen LogP contribution is -2.31. The Kier molecular flexibility index (Phi) is 3.42. The molecule has 7 heteroatoms. The van der Waals surface area contributed by atoms with Gasteiger partial charge in [-0.25, -0.2) is 9.97 Å². The van der Waals surface area contributed by atoms with Crippen LogP contribution in [0.15, 0.2) is 36.5 Å². The van der Waals surface area contributed by atoms with Crippen LogP contribution >= 0.6 is 0 Å². The molecule has 0 radical (unpaired) electrons. The highest BCUT2D eigenvalue weighted by atomic mass is 16.3. The van der Waals surface area contributed by atoms with Crippen molar-refractivity contribution in [2.45, 2.75) is 6.42 Å². The molecule has 0 spiro atoms. The number of hydrogen-bond donors (Lipinski definition) is 3. The molecule has 0 saturated heterocycles. The number of phenolic OH excluding ortho intramolecular Hbond substituents is 1. The molecule has 0 bridgehead atoms. The number of aromatic hydroxyl groups is 1. The van der Waals surface area contributed by atoms with Crippen LogP contribution in [0.5, 0.6) is 5.75 Å². The summed E-state index contributed by atoms with van der Waals surface area (Å²) in [6.07, 6.45) is 2.40. The second-order valence-electron chi connectivity index (χ2n) is 6.00. The maximum Gasteiger partial charge on any atom is 0.253 e. The van der Waals surface area contributed by atoms with Crippen LogP contribution in [-0.4, -0.2) is 32.1 Å². The minimum Gasteiger partial charge on any atom is -0.508 e. The van der Waals surface area contributed by atoms with Gasteiger partial charge in [0.15, 0.2) is 0 Å². The summed E-state index contributed by atoms with van der Waals surface area (Å²) in [4.78, 5) is 20.6. The topological polar surface area (TPSA) is 106 Å². The molecule has 1 amide bonds. The highest BCUT2D eigenvalue weighted by Gasteiger charge is 2.24. The van der Waals surface area contributed by atoms with Gasteiger partial charge in [0.25, 0.3) is 5.91 Å². The van der Waals surface area contributed by atoms with Gasteiger partial charge in [0.2, 0.25) is 5.95 Å². The molecule has 4 N–H and O–H groups in total. The third-order valence-electron chi connectivity index (χ3n) is 4.46. The first-order valence-corrected chi connectivity index (χ1v) is 7.93. The van der Waals surface area contributed by atoms with E-state index in [0.29, 0.717) is 17.8 Å². The Balaban J connectivity index is 1.95. The predicted octanol–water partition coefficient (Wildman–Crippen LogP) is 1.72. The highest BCUT2D eigenvalue weighted by Crippen LogP contribution is 2.34. The third kappa shape index (κ3) is 2.50. The van der Waals surface area contributed by atoms with E-state index in [4.69, 9.17) is 5.73 Å². The fraction of sp³-hybridized carbons (Fsp3) is 0.167. The number of carbonyl (C=O) groups excluding carboxylic acids is 1. The molecular formula is C18H17N5O2. The lowest BCUT2D eigenvalue weighted by Gasteiger charge is -2.15. The quantitative estimate of drug-likeness (QED) is 0.661. The summed E-state index contributed by atoms with van der Waals surface area (Å²) in [6, 6.07) is 8.71. The maximum absolute atomic E-state index is 12.1. The lowest BCUT2D eigenvalue weighted by atomic mass is 10.0. The smallest absolute Gasteiger partial charge is 0.253 e. The summed E-state index contributed by atoms with van der Waals surface area (Å²) in [5.41, 5.74) is 10.4. The van der Waals surface area contributed by atoms with E-state index in [1.54, 1.807) is 24.4 Å². The summed E-state index contributed by atoms with van der Waals surface area (Å²) in [5.74, 6) is 0.234. The molecule has 25 heavy (non-hydrogen) atoms. The van der Waals surface area contributed by atoms with Crippen LogP contribution in [-0.2, 0) is 13.5 Å². The average molecular weight is 335 g/mol. The Labute approximate surface area is 144 Å². The van der Waals surface area contributed by atoms with Gasteiger partial charge in [0, 0.05) is 37.5 Å². The maximum atomic E-state index is 12.1. The van der Waals surface area contributed by atoms with E-state index in [1.165, 1.54) is 0 Å². The first kappa shape index (κ1) is 15.2. The van der Waals surface area contributed by atoms with Crippen molar-refractivity contribution in [2.75, 3.05) is 12.3 Å². The van der Waals surface area contributed by atoms with Crippen LogP contribution in [0.2, 0.25) is 0 Å². The number of nitrogens with two attached hydrogens (primary N) is 1. The number of hydrogen-bond acceptors (Lipinski definition) is 5. The lowest BCUT2D eigenvalue weighted by molar-refractivity contribution is 0.0945. The second kappa shape index (κ2) is 5.62. The summed E-state index contributed by atoms with van der Waals surface area (Å²) in [5, 5.41) is 12.6. The number of nitrogens with zero attached hydrogens (tertiary/aromatic N) is 3. The molecular weight excluding hydrogens is 318 g/mol. The van der Waals surface area contributed by atoms with E-state index < -0.39 is 0 Å². The molecule has 0 unspecified atom stereocenters. The molecule has 1 aliphatic heterocycles. The van der Waals surface area contributed by atoms with Gasteiger partial charge in [0.05, 0.1) is 11.3 Å². The van der Waals surface area contributed by atoms with Gasteiger partial charge in [0.1, 0.15) is 11.4 Å². The molecule has 3 aromatic rings. The fourth-order valence-electron chi connectivity index (χ4n) is 3.23. The van der Waals surface area contributed by atoms with E-state index in [-0.39, 0.29) is 17.6 Å². The van der Waals surface area contributed by atoms with Crippen LogP contribution < -0.4 is 11.1 Å². The molecule has 1 aromatic carbocycles. The number of rotatable bonds is 2. The highest BCUT2D eigenvalue weighted by molar-refractivity contribution is 5.98. The SMILES string of the molecule is Cn1c(-c2nc(N)ncc2-c2cccc(O)c2)cc2c1CCNC2=O. The molecule has 126 valence electrons. The number of fused-ring (bicyclic) bond motifs is 1. The van der Waals surface area contributed by atoms with Crippen LogP contribution in [0.25, 0.3) is 22.5 Å². The Morgan fingerprint density at radius 2 is 2.12 bits per heavy atom. The molecule has 1 aliphatic rings. The minimum absolute atomic E-state index is 0.0796. The van der Waals surface area contributed by atoms with E-state index >= 15 is 0 Å². The normalized spacial score (nSPS) is 13.4. The number of aromatic nitrogens is 3. The average Bonchev–Trinajstić information content (AvgIpc) is 2.93. The standard InChI is InChI=1S/C18H17N5O2/c1-23-14-5-6-20-17(25)12(14)8-15(23)16-13(9-21-18(19)22-16)10-3-2-4-11(24)7-10/h2-4,7-9,24H,5-6H2,1H3,(H,20,25)(H2,19,21,22). The number of nitrogen functional groups attached to an aromatic ring is 1. The van der Waals surface area contributed by atoms with Crippen molar-refractivity contribution in [3.63, 3.8) is 0 Å². The molecule has 2 aromatic heterocycles. The Bertz CT molecular complexity index is 993. The molecule has 4 rings (SSSR count). The van der Waals surface area contributed by atoms with Crippen molar-refractivity contribution < 1.29 is 9.90 Å². The predicted molar refractivity (Wildman–Crippen MR) is 94.0 cm³/mol. The van der Waals surface area contributed by atoms with E-state index in [1.807, 2.05) is 23.7 Å². The largest absolute Gasteiger partial charge is 0.508 e. The Morgan fingerprint density at radius 1 is 1.28 bits per heavy atom. The first-order valence-electron chi connectivity index (χ1n) is 7.93. The van der Waals surface area contributed by atoms with E-state index in [2.05, 4.69) is 15.3 Å². The van der Waals surface area contributed by atoms with Gasteiger partial charge in [-0.15, -0.1) is 0 Å². The van der Waals surface area contributed by atoms with Crippen molar-refractivity contribution in [1.82, 2.24) is 19.9 Å². The number of anilines is 1. The molecule has 3 heterocycles. The molecule has 7 nitrogen and oxygen atoms in total. The number of benzene rings is 1. The summed E-state index contributed by atoms with van der Waals surface area (Å²) in [6.45, 7) is 0.619. The second-order valence-corrected chi connectivity index (χ2v) is 6.00. The van der Waals surface area contributed by atoms with Crippen LogP contribution in [0.4, 0.5) is 5.95 Å². The number of nitrogens with one attached hydrogen (secondary N) is 1. The van der Waals surface area contributed by atoms with Crippen molar-refractivity contribution in [1.29, 1.82) is 0 Å². The fourth-order valence-corrected chi connectivity index (χ4v) is 3.23. The van der Waals surface area contributed by atoms with Crippen LogP contribution in [0.1, 0.15) is 16.1 Å².